The fourth-order valence-corrected chi connectivity index (χ4v) is 3.03. The standard InChI is InChI=1S/C17H21NO4/c19-16(14-10-15(14)17(20)21)18-8-6-12(7-9-18)11-22-13-4-2-1-3-5-13/h1-5,12,14-15H,6-11H2,(H,20,21). The van der Waals surface area contributed by atoms with Crippen LogP contribution in [0.5, 0.6) is 5.75 Å². The van der Waals surface area contributed by atoms with Gasteiger partial charge >= 0.3 is 5.97 Å². The van der Waals surface area contributed by atoms with Crippen molar-refractivity contribution in [1.82, 2.24) is 4.90 Å². The molecular weight excluding hydrogens is 282 g/mol. The number of likely N-dealkylation sites (tertiary alicyclic amines) is 1. The normalized spacial score (nSPS) is 24.8. The highest BCUT2D eigenvalue weighted by Crippen LogP contribution is 2.40. The maximum atomic E-state index is 12.2. The van der Waals surface area contributed by atoms with Gasteiger partial charge in [-0.15, -0.1) is 0 Å². The Hall–Kier alpha value is -2.04. The molecule has 2 atom stereocenters. The lowest BCUT2D eigenvalue weighted by molar-refractivity contribution is -0.142. The van der Waals surface area contributed by atoms with Gasteiger partial charge in [-0.1, -0.05) is 18.2 Å². The molecule has 2 unspecified atom stereocenters. The fraction of sp³-hybridized carbons (Fsp3) is 0.529. The van der Waals surface area contributed by atoms with E-state index < -0.39 is 11.9 Å². The Bertz CT molecular complexity index is 537. The average molecular weight is 303 g/mol. The second-order valence-corrected chi connectivity index (χ2v) is 6.18. The van der Waals surface area contributed by atoms with Crippen LogP contribution in [-0.2, 0) is 9.59 Å². The van der Waals surface area contributed by atoms with Gasteiger partial charge in [-0.3, -0.25) is 9.59 Å². The van der Waals surface area contributed by atoms with E-state index in [0.717, 1.165) is 18.6 Å². The van der Waals surface area contributed by atoms with Crippen LogP contribution in [0.3, 0.4) is 0 Å². The Morgan fingerprint density at radius 1 is 1.14 bits per heavy atom. The number of piperidine rings is 1. The third-order valence-corrected chi connectivity index (χ3v) is 4.58. The van der Waals surface area contributed by atoms with Crippen molar-refractivity contribution in [2.24, 2.45) is 17.8 Å². The summed E-state index contributed by atoms with van der Waals surface area (Å²) in [5.74, 6) is -0.220. The minimum absolute atomic E-state index is 0.0230. The zero-order valence-corrected chi connectivity index (χ0v) is 12.5. The van der Waals surface area contributed by atoms with Gasteiger partial charge in [0.15, 0.2) is 0 Å². The lowest BCUT2D eigenvalue weighted by Crippen LogP contribution is -2.41. The lowest BCUT2D eigenvalue weighted by atomic mass is 9.97. The number of rotatable bonds is 5. The Labute approximate surface area is 129 Å². The molecule has 5 nitrogen and oxygen atoms in total. The largest absolute Gasteiger partial charge is 0.493 e. The summed E-state index contributed by atoms with van der Waals surface area (Å²) in [6.45, 7) is 2.10. The summed E-state index contributed by atoms with van der Waals surface area (Å²) < 4.78 is 5.77. The van der Waals surface area contributed by atoms with Gasteiger partial charge in [-0.2, -0.15) is 0 Å². The quantitative estimate of drug-likeness (QED) is 0.904. The van der Waals surface area contributed by atoms with Crippen LogP contribution in [0.2, 0.25) is 0 Å². The van der Waals surface area contributed by atoms with Crippen LogP contribution in [-0.4, -0.2) is 41.6 Å². The van der Waals surface area contributed by atoms with E-state index >= 15 is 0 Å². The summed E-state index contributed by atoms with van der Waals surface area (Å²) in [5.41, 5.74) is 0. The highest BCUT2D eigenvalue weighted by Gasteiger charge is 2.50. The van der Waals surface area contributed by atoms with Gasteiger partial charge in [0.1, 0.15) is 5.75 Å². The first-order valence-corrected chi connectivity index (χ1v) is 7.84. The summed E-state index contributed by atoms with van der Waals surface area (Å²) >= 11 is 0. The average Bonchev–Trinajstić information content (AvgIpc) is 3.35. The second kappa shape index (κ2) is 6.38. The van der Waals surface area contributed by atoms with Gasteiger partial charge in [0.2, 0.25) is 5.91 Å². The molecule has 1 aliphatic heterocycles. The number of ether oxygens (including phenoxy) is 1. The molecule has 3 rings (SSSR count). The molecule has 2 aliphatic rings. The molecule has 0 radical (unpaired) electrons. The number of benzene rings is 1. The zero-order chi connectivity index (χ0) is 15.5. The predicted octanol–water partition coefficient (Wildman–Crippen LogP) is 2.02. The van der Waals surface area contributed by atoms with Crippen molar-refractivity contribution in [2.45, 2.75) is 19.3 Å². The van der Waals surface area contributed by atoms with E-state index in [9.17, 15) is 9.59 Å². The monoisotopic (exact) mass is 303 g/mol. The number of amides is 1. The second-order valence-electron chi connectivity index (χ2n) is 6.18. The Morgan fingerprint density at radius 2 is 1.82 bits per heavy atom. The molecule has 1 heterocycles. The lowest BCUT2D eigenvalue weighted by Gasteiger charge is -2.32. The van der Waals surface area contributed by atoms with Crippen LogP contribution in [0.25, 0.3) is 0 Å². The maximum absolute atomic E-state index is 12.2. The molecule has 1 amide bonds. The van der Waals surface area contributed by atoms with E-state index in [4.69, 9.17) is 9.84 Å². The molecular formula is C17H21NO4. The molecule has 118 valence electrons. The summed E-state index contributed by atoms with van der Waals surface area (Å²) in [6, 6.07) is 9.74. The van der Waals surface area contributed by atoms with Crippen LogP contribution in [0.4, 0.5) is 0 Å². The van der Waals surface area contributed by atoms with Gasteiger partial charge in [-0.25, -0.2) is 0 Å². The first-order valence-electron chi connectivity index (χ1n) is 7.84. The highest BCUT2D eigenvalue weighted by atomic mass is 16.5. The molecule has 1 N–H and O–H groups in total. The third-order valence-electron chi connectivity index (χ3n) is 4.58. The molecule has 22 heavy (non-hydrogen) atoms. The van der Waals surface area contributed by atoms with Gasteiger partial charge in [0, 0.05) is 13.1 Å². The fourth-order valence-electron chi connectivity index (χ4n) is 3.03. The van der Waals surface area contributed by atoms with Crippen molar-refractivity contribution in [3.8, 4) is 5.75 Å². The number of carboxylic acid groups (broad SMARTS) is 1. The molecule has 1 aliphatic carbocycles. The van der Waals surface area contributed by atoms with E-state index in [1.165, 1.54) is 0 Å². The molecule has 2 fully saturated rings. The molecule has 1 aromatic carbocycles. The molecule has 1 aromatic rings. The van der Waals surface area contributed by atoms with Gasteiger partial charge in [-0.05, 0) is 37.3 Å². The number of carboxylic acids is 1. The van der Waals surface area contributed by atoms with E-state index in [-0.39, 0.29) is 11.8 Å². The molecule has 0 aromatic heterocycles. The van der Waals surface area contributed by atoms with Crippen molar-refractivity contribution in [3.05, 3.63) is 30.3 Å². The van der Waals surface area contributed by atoms with Crippen LogP contribution >= 0.6 is 0 Å². The predicted molar refractivity (Wildman–Crippen MR) is 80.5 cm³/mol. The van der Waals surface area contributed by atoms with Crippen LogP contribution < -0.4 is 4.74 Å². The number of nitrogens with zero attached hydrogens (tertiary/aromatic N) is 1. The maximum Gasteiger partial charge on any atom is 0.307 e. The number of carbonyl (C=O) groups excluding carboxylic acids is 1. The van der Waals surface area contributed by atoms with Gasteiger partial charge < -0.3 is 14.7 Å². The summed E-state index contributed by atoms with van der Waals surface area (Å²) in [6.07, 6.45) is 2.34. The van der Waals surface area contributed by atoms with Crippen molar-refractivity contribution in [2.75, 3.05) is 19.7 Å². The van der Waals surface area contributed by atoms with Crippen molar-refractivity contribution in [1.29, 1.82) is 0 Å². The van der Waals surface area contributed by atoms with E-state index in [2.05, 4.69) is 0 Å². The van der Waals surface area contributed by atoms with Crippen molar-refractivity contribution < 1.29 is 19.4 Å². The number of aliphatic carboxylic acids is 1. The topological polar surface area (TPSA) is 66.8 Å². The number of hydrogen-bond acceptors (Lipinski definition) is 3. The van der Waals surface area contributed by atoms with Gasteiger partial charge in [0.05, 0.1) is 18.4 Å². The zero-order valence-electron chi connectivity index (χ0n) is 12.5. The van der Waals surface area contributed by atoms with Crippen LogP contribution in [0.1, 0.15) is 19.3 Å². The Kier molecular flexibility index (Phi) is 4.32. The minimum Gasteiger partial charge on any atom is -0.493 e. The van der Waals surface area contributed by atoms with Crippen molar-refractivity contribution >= 4 is 11.9 Å². The van der Waals surface area contributed by atoms with Gasteiger partial charge in [0.25, 0.3) is 0 Å². The van der Waals surface area contributed by atoms with E-state index in [1.807, 2.05) is 35.2 Å². The highest BCUT2D eigenvalue weighted by molar-refractivity contribution is 5.89. The Morgan fingerprint density at radius 3 is 2.41 bits per heavy atom. The molecule has 0 spiro atoms. The molecule has 1 saturated carbocycles. The summed E-state index contributed by atoms with van der Waals surface area (Å²) in [4.78, 5) is 24.9. The SMILES string of the molecule is O=C(O)C1CC1C(=O)N1CCC(COc2ccccc2)CC1. The number of para-hydroxylation sites is 1. The third kappa shape index (κ3) is 3.40. The van der Waals surface area contributed by atoms with Crippen molar-refractivity contribution in [3.63, 3.8) is 0 Å². The molecule has 1 saturated heterocycles. The summed E-state index contributed by atoms with van der Waals surface area (Å²) in [5, 5.41) is 8.90. The Balaban J connectivity index is 1.41. The number of carbonyl (C=O) groups is 2. The van der Waals surface area contributed by atoms with Crippen LogP contribution in [0, 0.1) is 17.8 Å². The smallest absolute Gasteiger partial charge is 0.307 e. The first kappa shape index (κ1) is 14.9. The van der Waals surface area contributed by atoms with Crippen LogP contribution in [0.15, 0.2) is 30.3 Å². The van der Waals surface area contributed by atoms with E-state index in [0.29, 0.717) is 32.0 Å². The first-order chi connectivity index (χ1) is 10.6. The molecule has 0 bridgehead atoms. The van der Waals surface area contributed by atoms with E-state index in [1.54, 1.807) is 0 Å². The molecule has 5 heteroatoms. The summed E-state index contributed by atoms with van der Waals surface area (Å²) in [7, 11) is 0. The minimum atomic E-state index is -0.843. The number of hydrogen-bond donors (Lipinski definition) is 1.